The number of rotatable bonds is 4. The topological polar surface area (TPSA) is 77.6 Å². The first-order valence-corrected chi connectivity index (χ1v) is 10.5. The molecule has 0 aromatic carbocycles. The smallest absolute Gasteiger partial charge is 0.289 e. The van der Waals surface area contributed by atoms with Crippen LogP contribution in [0.25, 0.3) is 27.9 Å². The van der Waals surface area contributed by atoms with Gasteiger partial charge in [-0.2, -0.15) is 5.10 Å². The van der Waals surface area contributed by atoms with E-state index in [1.165, 1.54) is 17.2 Å². The van der Waals surface area contributed by atoms with Crippen molar-refractivity contribution in [2.45, 2.75) is 12.7 Å². The Labute approximate surface area is 193 Å². The number of aromatic nitrogens is 5. The minimum atomic E-state index is -3.42. The van der Waals surface area contributed by atoms with Gasteiger partial charge in [0.15, 0.2) is 11.5 Å². The van der Waals surface area contributed by atoms with E-state index >= 15 is 0 Å². The quantitative estimate of drug-likeness (QED) is 0.408. The third-order valence-electron chi connectivity index (χ3n) is 6.13. The lowest BCUT2D eigenvalue weighted by Gasteiger charge is -2.15. The van der Waals surface area contributed by atoms with Crippen LogP contribution in [-0.4, -0.2) is 61.1 Å². The highest BCUT2D eigenvalue weighted by atomic mass is 19.3. The number of amides is 1. The zero-order chi connectivity index (χ0) is 24.4. The molecule has 0 bridgehead atoms. The summed E-state index contributed by atoms with van der Waals surface area (Å²) in [7, 11) is 0. The summed E-state index contributed by atoms with van der Waals surface area (Å²) >= 11 is 0. The molecule has 1 fully saturated rings. The minimum absolute atomic E-state index is 0.0293. The number of carbonyl (C=O) groups excluding carboxylic acids is 1. The second-order valence-electron chi connectivity index (χ2n) is 8.30. The van der Waals surface area contributed by atoms with Crippen LogP contribution in [0.5, 0.6) is 0 Å². The van der Waals surface area contributed by atoms with Crippen molar-refractivity contribution in [1.29, 1.82) is 0 Å². The number of halogens is 5. The molecule has 0 spiro atoms. The van der Waals surface area contributed by atoms with Crippen LogP contribution < -0.4 is 0 Å². The number of alkyl halides is 3. The number of ether oxygens (including phenoxy) is 1. The van der Waals surface area contributed by atoms with Crippen molar-refractivity contribution < 1.29 is 31.5 Å². The molecule has 2 atom stereocenters. The van der Waals surface area contributed by atoms with E-state index in [1.807, 2.05) is 0 Å². The Kier molecular flexibility index (Phi) is 4.85. The van der Waals surface area contributed by atoms with Crippen molar-refractivity contribution in [3.8, 4) is 11.4 Å². The Morgan fingerprint density at radius 3 is 2.74 bits per heavy atom. The third-order valence-corrected chi connectivity index (χ3v) is 6.13. The summed E-state index contributed by atoms with van der Waals surface area (Å²) < 4.78 is 76.0. The Bertz CT molecular complexity index is 1530. The number of imidazole rings is 1. The molecule has 2 aliphatic rings. The lowest BCUT2D eigenvalue weighted by Crippen LogP contribution is -2.27. The van der Waals surface area contributed by atoms with Crippen molar-refractivity contribution in [3.05, 3.63) is 59.8 Å². The molecule has 2 unspecified atom stereocenters. The van der Waals surface area contributed by atoms with Crippen LogP contribution >= 0.6 is 0 Å². The van der Waals surface area contributed by atoms with Crippen molar-refractivity contribution in [3.63, 3.8) is 0 Å². The SMILES string of the molecule is O=C(c1cc2c(cn1)c(-c1cnc3c(F)cc(F)cn13)nn2C(F)C(F)F)N1C=C2COCC2C1. The molecule has 4 aromatic heterocycles. The normalized spacial score (nSPS) is 18.6. The highest BCUT2D eigenvalue weighted by molar-refractivity contribution is 5.99. The van der Waals surface area contributed by atoms with Gasteiger partial charge in [-0.25, -0.2) is 31.6 Å². The van der Waals surface area contributed by atoms with Gasteiger partial charge >= 0.3 is 0 Å². The Balaban J connectivity index is 1.49. The number of fused-ring (bicyclic) bond motifs is 3. The number of hydrogen-bond donors (Lipinski definition) is 0. The molecule has 13 heteroatoms. The second-order valence-corrected chi connectivity index (χ2v) is 8.30. The molecule has 2 aliphatic heterocycles. The molecule has 6 heterocycles. The first-order chi connectivity index (χ1) is 16.8. The predicted molar refractivity (Wildman–Crippen MR) is 111 cm³/mol. The summed E-state index contributed by atoms with van der Waals surface area (Å²) in [6.45, 7) is 1.31. The van der Waals surface area contributed by atoms with Crippen LogP contribution in [0.2, 0.25) is 0 Å². The van der Waals surface area contributed by atoms with Crippen molar-refractivity contribution >= 4 is 22.5 Å². The predicted octanol–water partition coefficient (Wildman–Crippen LogP) is 3.74. The number of nitrogens with zero attached hydrogens (tertiary/aromatic N) is 6. The van der Waals surface area contributed by atoms with Gasteiger partial charge < -0.3 is 9.64 Å². The second kappa shape index (κ2) is 7.83. The first-order valence-electron chi connectivity index (χ1n) is 10.5. The molecule has 35 heavy (non-hydrogen) atoms. The molecule has 4 aromatic rings. The van der Waals surface area contributed by atoms with Gasteiger partial charge in [-0.05, 0) is 11.6 Å². The van der Waals surface area contributed by atoms with E-state index in [0.29, 0.717) is 30.5 Å². The van der Waals surface area contributed by atoms with E-state index in [2.05, 4.69) is 15.1 Å². The standard InChI is InChI=1S/C22H15F5N6O2/c23-12-1-14(24)21-29-4-17(32(21)7-12)18-13-3-28-15(2-16(13)33(30-18)20(27)19(25)26)22(34)31-5-10-8-35-9-11(10)6-31/h1-5,7,11,19-20H,6,8-9H2. The molecule has 0 saturated carbocycles. The van der Waals surface area contributed by atoms with E-state index in [1.54, 1.807) is 6.20 Å². The van der Waals surface area contributed by atoms with E-state index < -0.39 is 30.3 Å². The van der Waals surface area contributed by atoms with Gasteiger partial charge in [0.25, 0.3) is 18.6 Å². The Morgan fingerprint density at radius 2 is 1.97 bits per heavy atom. The molecule has 1 saturated heterocycles. The van der Waals surface area contributed by atoms with Gasteiger partial charge in [0, 0.05) is 42.5 Å². The summed E-state index contributed by atoms with van der Waals surface area (Å²) in [5.74, 6) is -2.26. The Morgan fingerprint density at radius 1 is 1.14 bits per heavy atom. The lowest BCUT2D eigenvalue weighted by molar-refractivity contribution is 0.00356. The highest BCUT2D eigenvalue weighted by Gasteiger charge is 2.34. The average molecular weight is 490 g/mol. The molecule has 0 radical (unpaired) electrons. The fourth-order valence-corrected chi connectivity index (χ4v) is 4.46. The van der Waals surface area contributed by atoms with Gasteiger partial charge in [0.05, 0.1) is 30.6 Å². The molecule has 0 N–H and O–H groups in total. The van der Waals surface area contributed by atoms with Crippen LogP contribution in [-0.2, 0) is 4.74 Å². The molecule has 0 aliphatic carbocycles. The van der Waals surface area contributed by atoms with E-state index in [4.69, 9.17) is 4.74 Å². The van der Waals surface area contributed by atoms with Crippen LogP contribution in [0, 0.1) is 17.6 Å². The maximum atomic E-state index is 14.5. The molecule has 6 rings (SSSR count). The third kappa shape index (κ3) is 3.37. The van der Waals surface area contributed by atoms with E-state index in [0.717, 1.165) is 22.4 Å². The van der Waals surface area contributed by atoms with Gasteiger partial charge in [-0.15, -0.1) is 0 Å². The monoisotopic (exact) mass is 490 g/mol. The van der Waals surface area contributed by atoms with Crippen LogP contribution in [0.4, 0.5) is 22.0 Å². The van der Waals surface area contributed by atoms with E-state index in [-0.39, 0.29) is 39.5 Å². The fraction of sp³-hybridized carbons (Fsp3) is 0.273. The average Bonchev–Trinajstić information content (AvgIpc) is 3.59. The van der Waals surface area contributed by atoms with Crippen LogP contribution in [0.1, 0.15) is 16.8 Å². The molecular formula is C22H15F5N6O2. The summed E-state index contributed by atoms with van der Waals surface area (Å²) in [5.41, 5.74) is 0.461. The molecular weight excluding hydrogens is 475 g/mol. The molecule has 8 nitrogen and oxygen atoms in total. The lowest BCUT2D eigenvalue weighted by atomic mass is 10.1. The van der Waals surface area contributed by atoms with Crippen molar-refractivity contribution in [2.24, 2.45) is 5.92 Å². The summed E-state index contributed by atoms with van der Waals surface area (Å²) in [6, 6.07) is 1.82. The van der Waals surface area contributed by atoms with Gasteiger partial charge in [-0.1, -0.05) is 0 Å². The zero-order valence-corrected chi connectivity index (χ0v) is 17.7. The molecule has 180 valence electrons. The van der Waals surface area contributed by atoms with Crippen molar-refractivity contribution in [1.82, 2.24) is 29.0 Å². The first kappa shape index (κ1) is 21.6. The molecule has 1 amide bonds. The van der Waals surface area contributed by atoms with E-state index in [9.17, 15) is 26.7 Å². The van der Waals surface area contributed by atoms with Gasteiger partial charge in [0.2, 0.25) is 0 Å². The fourth-order valence-electron chi connectivity index (χ4n) is 4.46. The summed E-state index contributed by atoms with van der Waals surface area (Å²) in [5, 5.41) is 4.07. The minimum Gasteiger partial charge on any atom is -0.376 e. The summed E-state index contributed by atoms with van der Waals surface area (Å²) in [6.07, 6.45) is -1.28. The van der Waals surface area contributed by atoms with Crippen LogP contribution in [0.15, 0.2) is 42.5 Å². The maximum absolute atomic E-state index is 14.5. The highest BCUT2D eigenvalue weighted by Crippen LogP contribution is 2.34. The maximum Gasteiger partial charge on any atom is 0.289 e. The largest absolute Gasteiger partial charge is 0.376 e. The van der Waals surface area contributed by atoms with Crippen molar-refractivity contribution in [2.75, 3.05) is 19.8 Å². The number of hydrogen-bond acceptors (Lipinski definition) is 5. The Hall–Kier alpha value is -3.87. The van der Waals surface area contributed by atoms with Crippen LogP contribution in [0.3, 0.4) is 0 Å². The van der Waals surface area contributed by atoms with Gasteiger partial charge in [0.1, 0.15) is 17.2 Å². The van der Waals surface area contributed by atoms with Gasteiger partial charge in [-0.3, -0.25) is 14.2 Å². The number of pyridine rings is 2. The zero-order valence-electron chi connectivity index (χ0n) is 17.7. The number of carbonyl (C=O) groups is 1. The summed E-state index contributed by atoms with van der Waals surface area (Å²) in [4.78, 5) is 22.5.